The van der Waals surface area contributed by atoms with Gasteiger partial charge in [-0.05, 0) is 30.3 Å². The Morgan fingerprint density at radius 2 is 2.00 bits per heavy atom. The summed E-state index contributed by atoms with van der Waals surface area (Å²) in [5.41, 5.74) is 7.11. The summed E-state index contributed by atoms with van der Waals surface area (Å²) in [4.78, 5) is 32.8. The van der Waals surface area contributed by atoms with E-state index in [0.717, 1.165) is 0 Å². The summed E-state index contributed by atoms with van der Waals surface area (Å²) in [6.45, 7) is 1.31. The molecule has 1 amide bonds. The van der Waals surface area contributed by atoms with Gasteiger partial charge in [-0.1, -0.05) is 23.7 Å². The number of hydrogen-bond donors (Lipinski definition) is 2. The number of nitrogens with one attached hydrogen (secondary N) is 2. The fourth-order valence-electron chi connectivity index (χ4n) is 2.84. The maximum Gasteiger partial charge on any atom is 0.308 e. The van der Waals surface area contributed by atoms with Crippen molar-refractivity contribution in [3.05, 3.63) is 58.6 Å². The van der Waals surface area contributed by atoms with Crippen LogP contribution in [0, 0.1) is 0 Å². The second-order valence-corrected chi connectivity index (χ2v) is 6.80. The van der Waals surface area contributed by atoms with Gasteiger partial charge in [-0.15, -0.1) is 0 Å². The molecule has 1 heterocycles. The Labute approximate surface area is 183 Å². The number of esters is 1. The molecule has 1 aliphatic heterocycles. The molecule has 9 heteroatoms. The van der Waals surface area contributed by atoms with Crippen LogP contribution in [0.5, 0.6) is 5.75 Å². The highest BCUT2D eigenvalue weighted by Gasteiger charge is 2.26. The third kappa shape index (κ3) is 4.96. The zero-order valence-electron chi connectivity index (χ0n) is 19.2. The van der Waals surface area contributed by atoms with Gasteiger partial charge >= 0.3 is 5.97 Å². The van der Waals surface area contributed by atoms with Gasteiger partial charge in [-0.3, -0.25) is 25.4 Å². The number of carbonyl (C=O) groups excluding carboxylic acids is 2. The van der Waals surface area contributed by atoms with Gasteiger partial charge in [0.25, 0.3) is 0 Å². The quantitative estimate of drug-likeness (QED) is 0.572. The largest absolute Gasteiger partial charge is 0.497 e. The van der Waals surface area contributed by atoms with E-state index >= 15 is 0 Å². The van der Waals surface area contributed by atoms with Gasteiger partial charge in [-0.2, -0.15) is 0 Å². The molecular formula is C21H21ClN4O4. The van der Waals surface area contributed by atoms with Crippen LogP contribution in [0.1, 0.15) is 28.6 Å². The molecule has 2 aromatic carbocycles. The first-order chi connectivity index (χ1) is 15.6. The number of ether oxygens (including phenoxy) is 2. The molecule has 0 radical (unpaired) electrons. The maximum absolute atomic E-state index is 12.1. The molecule has 2 aromatic rings. The van der Waals surface area contributed by atoms with Crippen molar-refractivity contribution >= 4 is 40.7 Å². The number of amides is 1. The van der Waals surface area contributed by atoms with Gasteiger partial charge in [0.15, 0.2) is 0 Å². The van der Waals surface area contributed by atoms with E-state index in [9.17, 15) is 9.59 Å². The van der Waals surface area contributed by atoms with E-state index in [1.165, 1.54) is 26.2 Å². The molecule has 0 bridgehead atoms. The minimum Gasteiger partial charge on any atom is -0.497 e. The van der Waals surface area contributed by atoms with Crippen LogP contribution in [-0.2, 0) is 14.3 Å². The molecule has 0 fully saturated rings. The molecule has 0 spiro atoms. The van der Waals surface area contributed by atoms with E-state index < -0.39 is 19.0 Å². The van der Waals surface area contributed by atoms with Gasteiger partial charge in [0.2, 0.25) is 5.91 Å². The number of rotatable bonds is 4. The van der Waals surface area contributed by atoms with Crippen LogP contribution in [0.25, 0.3) is 0 Å². The number of hydrazine groups is 1. The lowest BCUT2D eigenvalue weighted by atomic mass is 10.00. The van der Waals surface area contributed by atoms with Crippen molar-refractivity contribution in [2.24, 2.45) is 9.98 Å². The van der Waals surface area contributed by atoms with E-state index in [4.69, 9.17) is 30.2 Å². The van der Waals surface area contributed by atoms with Crippen molar-refractivity contribution in [1.29, 1.82) is 0 Å². The molecule has 0 unspecified atom stereocenters. The second-order valence-electron chi connectivity index (χ2n) is 6.36. The molecular weight excluding hydrogens is 408 g/mol. The van der Waals surface area contributed by atoms with E-state index in [1.54, 1.807) is 30.3 Å². The van der Waals surface area contributed by atoms with Crippen LogP contribution >= 0.6 is 11.6 Å². The van der Waals surface area contributed by atoms with E-state index in [-0.39, 0.29) is 23.9 Å². The third-order valence-corrected chi connectivity index (χ3v) is 4.51. The highest BCUT2D eigenvalue weighted by Crippen LogP contribution is 2.31. The van der Waals surface area contributed by atoms with Gasteiger partial charge in [-0.25, -0.2) is 4.99 Å². The predicted molar refractivity (Wildman–Crippen MR) is 115 cm³/mol. The molecule has 0 saturated carbocycles. The van der Waals surface area contributed by atoms with Crippen molar-refractivity contribution in [2.45, 2.75) is 19.4 Å². The summed E-state index contributed by atoms with van der Waals surface area (Å²) in [5.74, 6) is -0.616. The first-order valence-electron chi connectivity index (χ1n) is 10.4. The van der Waals surface area contributed by atoms with E-state index in [0.29, 0.717) is 27.5 Å². The molecule has 2 N–H and O–H groups in total. The minimum atomic E-state index is -2.65. The Balaban J connectivity index is 2.19. The molecule has 0 aromatic heterocycles. The topological polar surface area (TPSA) is 101 Å². The van der Waals surface area contributed by atoms with E-state index in [1.807, 2.05) is 0 Å². The van der Waals surface area contributed by atoms with Crippen molar-refractivity contribution in [3.63, 3.8) is 0 Å². The Hall–Kier alpha value is -3.39. The molecule has 3 rings (SSSR count). The number of carbonyl (C=O) groups is 2. The first kappa shape index (κ1) is 17.5. The standard InChI is InChI=1S/C21H21ClN4O4/c1-12(27)25-26-21-18(11-19(28)30-3)23-20(13-4-6-14(22)7-5-13)16-10-15(29-2)8-9-17(16)24-21/h4-10,18H,11H2,1-3H3,(H,24,26)(H,25,27)/t18-/m0/s1/i2D3. The zero-order chi connectivity index (χ0) is 24.2. The summed E-state index contributed by atoms with van der Waals surface area (Å²) in [6.07, 6.45) is -0.161. The molecule has 0 aliphatic carbocycles. The molecule has 30 heavy (non-hydrogen) atoms. The van der Waals surface area contributed by atoms with Crippen LogP contribution in [0.15, 0.2) is 52.4 Å². The zero-order valence-corrected chi connectivity index (χ0v) is 17.0. The monoisotopic (exact) mass is 431 g/mol. The summed E-state index contributed by atoms with van der Waals surface area (Å²) < 4.78 is 32.0. The number of aliphatic imine (C=N–C) groups is 2. The van der Waals surface area contributed by atoms with Crippen LogP contribution in [-0.4, -0.2) is 43.6 Å². The molecule has 0 saturated heterocycles. The summed E-state index contributed by atoms with van der Waals surface area (Å²) in [6, 6.07) is 10.5. The number of halogens is 1. The number of amidine groups is 1. The lowest BCUT2D eigenvalue weighted by molar-refractivity contribution is -0.140. The fraction of sp³-hybridized carbons (Fsp3) is 0.238. The fourth-order valence-corrected chi connectivity index (χ4v) is 2.97. The van der Waals surface area contributed by atoms with Crippen molar-refractivity contribution < 1.29 is 23.2 Å². The summed E-state index contributed by atoms with van der Waals surface area (Å²) >= 11 is 6.03. The Kier molecular flexibility index (Phi) is 5.48. The van der Waals surface area contributed by atoms with E-state index in [2.05, 4.69) is 15.8 Å². The SMILES string of the molecule is [2H]C([2H])([2H])Oc1ccc2c(c1)C(c1ccc(Cl)cc1)=N[C@@H](CC(=O)OC)C(NNC(C)=O)=N2. The molecule has 1 atom stereocenters. The number of nitrogens with zero attached hydrogens (tertiary/aromatic N) is 2. The lowest BCUT2D eigenvalue weighted by Crippen LogP contribution is -2.45. The Bertz CT molecular complexity index is 1120. The van der Waals surface area contributed by atoms with Gasteiger partial charge in [0, 0.05) is 23.1 Å². The smallest absolute Gasteiger partial charge is 0.308 e. The van der Waals surface area contributed by atoms with Crippen LogP contribution in [0.3, 0.4) is 0 Å². The first-order valence-corrected chi connectivity index (χ1v) is 9.28. The maximum atomic E-state index is 12.1. The highest BCUT2D eigenvalue weighted by molar-refractivity contribution is 6.30. The van der Waals surface area contributed by atoms with Crippen LogP contribution in [0.2, 0.25) is 5.02 Å². The Morgan fingerprint density at radius 1 is 1.23 bits per heavy atom. The number of methoxy groups -OCH3 is 2. The number of hydrogen-bond acceptors (Lipinski definition) is 7. The molecule has 156 valence electrons. The molecule has 1 aliphatic rings. The summed E-state index contributed by atoms with van der Waals surface area (Å²) in [7, 11) is -1.39. The van der Waals surface area contributed by atoms with Crippen LogP contribution < -0.4 is 15.6 Å². The average Bonchev–Trinajstić information content (AvgIpc) is 2.88. The number of benzene rings is 2. The van der Waals surface area contributed by atoms with Gasteiger partial charge in [0.1, 0.15) is 17.6 Å². The normalized spacial score (nSPS) is 17.0. The summed E-state index contributed by atoms with van der Waals surface area (Å²) in [5, 5.41) is 0.517. The highest BCUT2D eigenvalue weighted by atomic mass is 35.5. The average molecular weight is 432 g/mol. The number of fused-ring (bicyclic) bond motifs is 1. The third-order valence-electron chi connectivity index (χ3n) is 4.25. The van der Waals surface area contributed by atoms with Crippen molar-refractivity contribution in [2.75, 3.05) is 14.1 Å². The predicted octanol–water partition coefficient (Wildman–Crippen LogP) is 2.80. The van der Waals surface area contributed by atoms with Gasteiger partial charge in [0.05, 0.1) is 36.1 Å². The Morgan fingerprint density at radius 3 is 2.67 bits per heavy atom. The lowest BCUT2D eigenvalue weighted by Gasteiger charge is -2.16. The van der Waals surface area contributed by atoms with Crippen molar-refractivity contribution in [1.82, 2.24) is 10.9 Å². The second kappa shape index (κ2) is 9.41. The van der Waals surface area contributed by atoms with Gasteiger partial charge < -0.3 is 9.47 Å². The minimum absolute atomic E-state index is 0.0911. The van der Waals surface area contributed by atoms with Crippen LogP contribution in [0.4, 0.5) is 5.69 Å². The van der Waals surface area contributed by atoms with Crippen molar-refractivity contribution in [3.8, 4) is 5.75 Å². The molecule has 8 nitrogen and oxygen atoms in total.